The van der Waals surface area contributed by atoms with Gasteiger partial charge < -0.3 is 20.8 Å². The number of hydrogen-bond acceptors (Lipinski definition) is 5. The maximum Gasteiger partial charge on any atom is 0.339 e. The van der Waals surface area contributed by atoms with Crippen LogP contribution in [0.15, 0.2) is 47.4 Å². The van der Waals surface area contributed by atoms with Crippen molar-refractivity contribution in [3.63, 3.8) is 0 Å². The van der Waals surface area contributed by atoms with Crippen LogP contribution in [0.25, 0.3) is 0 Å². The van der Waals surface area contributed by atoms with Crippen molar-refractivity contribution in [2.75, 3.05) is 10.6 Å². The molecule has 170 valence electrons. The van der Waals surface area contributed by atoms with E-state index in [1.54, 1.807) is 0 Å². The normalized spacial score (nSPS) is 15.0. The Morgan fingerprint density at radius 3 is 2.44 bits per heavy atom. The van der Waals surface area contributed by atoms with Gasteiger partial charge in [0.25, 0.3) is 0 Å². The van der Waals surface area contributed by atoms with Crippen LogP contribution in [0.4, 0.5) is 11.4 Å². The highest BCUT2D eigenvalue weighted by atomic mass is 32.2. The van der Waals surface area contributed by atoms with Gasteiger partial charge in [0.1, 0.15) is 11.3 Å². The first kappa shape index (κ1) is 23.7. The molecule has 1 atom stereocenters. The number of carbonyl (C=O) groups excluding carboxylic acids is 2. The first-order chi connectivity index (χ1) is 15.4. The van der Waals surface area contributed by atoms with E-state index in [0.717, 1.165) is 30.6 Å². The first-order valence-corrected chi connectivity index (χ1v) is 11.7. The lowest BCUT2D eigenvalue weighted by atomic mass is 9.88. The molecule has 1 aliphatic carbocycles. The molecule has 1 saturated carbocycles. The zero-order valence-corrected chi connectivity index (χ0v) is 18.8. The lowest BCUT2D eigenvalue weighted by Gasteiger charge is -2.21. The van der Waals surface area contributed by atoms with Gasteiger partial charge in [-0.25, -0.2) is 4.79 Å². The van der Waals surface area contributed by atoms with Crippen molar-refractivity contribution in [3.8, 4) is 5.75 Å². The van der Waals surface area contributed by atoms with Crippen LogP contribution in [0.1, 0.15) is 55.8 Å². The van der Waals surface area contributed by atoms with Gasteiger partial charge in [-0.2, -0.15) is 0 Å². The smallest absolute Gasteiger partial charge is 0.339 e. The number of carboxylic acids is 1. The molecule has 0 radical (unpaired) electrons. The molecule has 4 N–H and O–H groups in total. The number of nitrogens with one attached hydrogen (secondary N) is 2. The topological polar surface area (TPSA) is 116 Å². The van der Waals surface area contributed by atoms with Gasteiger partial charge in [-0.1, -0.05) is 32.3 Å². The van der Waals surface area contributed by atoms with Crippen LogP contribution in [0.2, 0.25) is 0 Å². The molecule has 32 heavy (non-hydrogen) atoms. The number of thioether (sulfide) groups is 1. The number of carbonyl (C=O) groups is 3. The Labute approximate surface area is 191 Å². The number of amides is 2. The van der Waals surface area contributed by atoms with Crippen molar-refractivity contribution in [2.45, 2.75) is 55.6 Å². The summed E-state index contributed by atoms with van der Waals surface area (Å²) >= 11 is 1.38. The Balaban J connectivity index is 1.64. The molecule has 0 saturated heterocycles. The third-order valence-electron chi connectivity index (χ3n) is 5.51. The number of phenols is 1. The molecule has 1 fully saturated rings. The van der Waals surface area contributed by atoms with E-state index in [2.05, 4.69) is 10.6 Å². The standard InChI is InChI=1S/C24H28N2O5S/c1-2-21(23(29)26-17-11-12-20(27)19(14-17)24(30)31)32-18-10-6-9-16(13-18)25-22(28)15-7-4-3-5-8-15/h6,9-15,21,27H,2-5,7-8H2,1H3,(H,25,28)(H,26,29)(H,30,31). The number of rotatable bonds is 8. The van der Waals surface area contributed by atoms with Gasteiger partial charge in [-0.15, -0.1) is 11.8 Å². The van der Waals surface area contributed by atoms with Crippen LogP contribution in [-0.4, -0.2) is 33.2 Å². The van der Waals surface area contributed by atoms with E-state index in [0.29, 0.717) is 17.8 Å². The van der Waals surface area contributed by atoms with Crippen LogP contribution in [0.5, 0.6) is 5.75 Å². The summed E-state index contributed by atoms with van der Waals surface area (Å²) < 4.78 is 0. The van der Waals surface area contributed by atoms with E-state index in [1.807, 2.05) is 31.2 Å². The van der Waals surface area contributed by atoms with Crippen LogP contribution in [-0.2, 0) is 9.59 Å². The van der Waals surface area contributed by atoms with Crippen molar-refractivity contribution in [2.24, 2.45) is 5.92 Å². The highest BCUT2D eigenvalue weighted by molar-refractivity contribution is 8.00. The quantitative estimate of drug-likeness (QED) is 0.324. The fourth-order valence-corrected chi connectivity index (χ4v) is 4.76. The Kier molecular flexibility index (Phi) is 8.16. The number of aromatic hydroxyl groups is 1. The minimum atomic E-state index is -1.27. The fraction of sp³-hybridized carbons (Fsp3) is 0.375. The van der Waals surface area contributed by atoms with Crippen molar-refractivity contribution >= 4 is 40.9 Å². The molecular formula is C24H28N2O5S. The molecule has 2 aromatic carbocycles. The number of hydrogen-bond donors (Lipinski definition) is 4. The summed E-state index contributed by atoms with van der Waals surface area (Å²) in [7, 11) is 0. The van der Waals surface area contributed by atoms with Crippen molar-refractivity contribution < 1.29 is 24.6 Å². The highest BCUT2D eigenvalue weighted by Gasteiger charge is 2.22. The Morgan fingerprint density at radius 1 is 1.03 bits per heavy atom. The van der Waals surface area contributed by atoms with Crippen LogP contribution in [0, 0.1) is 5.92 Å². The summed E-state index contributed by atoms with van der Waals surface area (Å²) in [5.74, 6) is -1.78. The molecule has 2 aromatic rings. The summed E-state index contributed by atoms with van der Waals surface area (Å²) in [6.45, 7) is 1.89. The summed E-state index contributed by atoms with van der Waals surface area (Å²) in [6, 6.07) is 11.4. The highest BCUT2D eigenvalue weighted by Crippen LogP contribution is 2.30. The van der Waals surface area contributed by atoms with E-state index >= 15 is 0 Å². The van der Waals surface area contributed by atoms with Crippen molar-refractivity contribution in [1.29, 1.82) is 0 Å². The average Bonchev–Trinajstić information content (AvgIpc) is 2.79. The van der Waals surface area contributed by atoms with Crippen molar-refractivity contribution in [3.05, 3.63) is 48.0 Å². The molecule has 2 amide bonds. The molecule has 3 rings (SSSR count). The minimum absolute atomic E-state index is 0.0539. The van der Waals surface area contributed by atoms with E-state index < -0.39 is 11.2 Å². The van der Waals surface area contributed by atoms with E-state index in [9.17, 15) is 19.5 Å². The zero-order chi connectivity index (χ0) is 23.1. The predicted octanol–water partition coefficient (Wildman–Crippen LogP) is 5.12. The minimum Gasteiger partial charge on any atom is -0.507 e. The SMILES string of the molecule is CCC(Sc1cccc(NC(=O)C2CCCCC2)c1)C(=O)Nc1ccc(O)c(C(=O)O)c1. The van der Waals surface area contributed by atoms with E-state index in [-0.39, 0.29) is 29.0 Å². The number of anilines is 2. The molecule has 1 unspecified atom stereocenters. The first-order valence-electron chi connectivity index (χ1n) is 10.8. The fourth-order valence-electron chi connectivity index (χ4n) is 3.75. The second-order valence-corrected chi connectivity index (χ2v) is 9.17. The van der Waals surface area contributed by atoms with Gasteiger partial charge >= 0.3 is 5.97 Å². The van der Waals surface area contributed by atoms with Gasteiger partial charge in [0.15, 0.2) is 0 Å². The van der Waals surface area contributed by atoms with Crippen molar-refractivity contribution in [1.82, 2.24) is 0 Å². The molecule has 0 heterocycles. The molecule has 0 spiro atoms. The van der Waals surface area contributed by atoms with Gasteiger partial charge in [-0.3, -0.25) is 9.59 Å². The third kappa shape index (κ3) is 6.26. The predicted molar refractivity (Wildman–Crippen MR) is 125 cm³/mol. The molecule has 0 bridgehead atoms. The lowest BCUT2D eigenvalue weighted by Crippen LogP contribution is -2.25. The summed E-state index contributed by atoms with van der Waals surface area (Å²) in [5, 5.41) is 24.1. The van der Waals surface area contributed by atoms with Crippen LogP contribution < -0.4 is 10.6 Å². The molecule has 8 heteroatoms. The maximum atomic E-state index is 12.8. The molecule has 0 aromatic heterocycles. The lowest BCUT2D eigenvalue weighted by molar-refractivity contribution is -0.120. The summed E-state index contributed by atoms with van der Waals surface area (Å²) in [5.41, 5.74) is 0.744. The number of aromatic carboxylic acids is 1. The third-order valence-corrected chi connectivity index (χ3v) is 6.87. The van der Waals surface area contributed by atoms with E-state index in [1.165, 1.54) is 36.4 Å². The van der Waals surface area contributed by atoms with Gasteiger partial charge in [0, 0.05) is 22.2 Å². The maximum absolute atomic E-state index is 12.8. The Bertz CT molecular complexity index is 988. The van der Waals surface area contributed by atoms with Gasteiger partial charge in [-0.05, 0) is 55.7 Å². The largest absolute Gasteiger partial charge is 0.507 e. The molecule has 0 aliphatic heterocycles. The molecule has 1 aliphatic rings. The van der Waals surface area contributed by atoms with Crippen LogP contribution in [0.3, 0.4) is 0 Å². The summed E-state index contributed by atoms with van der Waals surface area (Å²) in [4.78, 5) is 37.3. The number of benzene rings is 2. The average molecular weight is 457 g/mol. The summed E-state index contributed by atoms with van der Waals surface area (Å²) in [6.07, 6.45) is 5.79. The van der Waals surface area contributed by atoms with E-state index in [4.69, 9.17) is 5.11 Å². The second kappa shape index (κ2) is 11.0. The number of carboxylic acid groups (broad SMARTS) is 1. The Morgan fingerprint density at radius 2 is 1.75 bits per heavy atom. The van der Waals surface area contributed by atoms with Crippen LogP contribution >= 0.6 is 11.8 Å². The van der Waals surface area contributed by atoms with Gasteiger partial charge in [0.05, 0.1) is 5.25 Å². The Hall–Kier alpha value is -3.00. The molecule has 7 nitrogen and oxygen atoms in total. The monoisotopic (exact) mass is 456 g/mol. The second-order valence-electron chi connectivity index (χ2n) is 7.89. The molecular weight excluding hydrogens is 428 g/mol. The zero-order valence-electron chi connectivity index (χ0n) is 18.0. The van der Waals surface area contributed by atoms with Gasteiger partial charge in [0.2, 0.25) is 11.8 Å².